The van der Waals surface area contributed by atoms with Crippen LogP contribution in [0.2, 0.25) is 0 Å². The Labute approximate surface area is 130 Å². The van der Waals surface area contributed by atoms with Crippen LogP contribution in [0.25, 0.3) is 0 Å². The van der Waals surface area contributed by atoms with Gasteiger partial charge in [0.1, 0.15) is 6.04 Å². The van der Waals surface area contributed by atoms with E-state index in [9.17, 15) is 9.59 Å². The van der Waals surface area contributed by atoms with Gasteiger partial charge in [-0.1, -0.05) is 60.2 Å². The lowest BCUT2D eigenvalue weighted by atomic mass is 10.0. The number of carbonyl (C=O) groups is 2. The summed E-state index contributed by atoms with van der Waals surface area (Å²) in [4.78, 5) is 24.2. The van der Waals surface area contributed by atoms with Crippen molar-refractivity contribution in [3.05, 3.63) is 71.3 Å². The molecule has 114 valence electrons. The Morgan fingerprint density at radius 2 is 1.64 bits per heavy atom. The number of aryl methyl sites for hydroxylation is 1. The summed E-state index contributed by atoms with van der Waals surface area (Å²) in [5.41, 5.74) is 2.84. The summed E-state index contributed by atoms with van der Waals surface area (Å²) in [6.07, 6.45) is 0.251. The van der Waals surface area contributed by atoms with Crippen LogP contribution < -0.4 is 10.6 Å². The molecule has 0 aromatic heterocycles. The molecule has 2 aromatic carbocycles. The van der Waals surface area contributed by atoms with Gasteiger partial charge in [0.25, 0.3) is 0 Å². The number of hydrogen-bond donors (Lipinski definition) is 2. The molecule has 2 rings (SSSR count). The van der Waals surface area contributed by atoms with E-state index in [1.54, 1.807) is 7.05 Å². The van der Waals surface area contributed by atoms with Crippen LogP contribution >= 0.6 is 0 Å². The van der Waals surface area contributed by atoms with Crippen LogP contribution in [0.4, 0.5) is 0 Å². The summed E-state index contributed by atoms with van der Waals surface area (Å²) in [6, 6.07) is 16.3. The Hall–Kier alpha value is -2.62. The van der Waals surface area contributed by atoms with E-state index in [1.165, 1.54) is 0 Å². The highest BCUT2D eigenvalue weighted by Crippen LogP contribution is 2.13. The molecule has 0 spiro atoms. The molecule has 2 N–H and O–H groups in total. The molecular weight excluding hydrogens is 276 g/mol. The van der Waals surface area contributed by atoms with Crippen LogP contribution in [0.1, 0.15) is 22.7 Å². The highest BCUT2D eigenvalue weighted by atomic mass is 16.2. The van der Waals surface area contributed by atoms with Crippen molar-refractivity contribution >= 4 is 11.8 Å². The summed E-state index contributed by atoms with van der Waals surface area (Å²) < 4.78 is 0. The lowest BCUT2D eigenvalue weighted by Gasteiger charge is -2.17. The quantitative estimate of drug-likeness (QED) is 0.888. The lowest BCUT2D eigenvalue weighted by Crippen LogP contribution is -2.39. The molecule has 22 heavy (non-hydrogen) atoms. The Balaban J connectivity index is 2.08. The molecule has 2 amide bonds. The standard InChI is InChI=1S/C18H20N2O2/c1-13-8-10-14(11-9-13)12-16(21)20-17(18(22)19-2)15-6-4-3-5-7-15/h3-11,17H,12H2,1-2H3,(H,19,22)(H,20,21)/t17-/m1/s1. The molecule has 0 heterocycles. The van der Waals surface area contributed by atoms with Crippen LogP contribution in [0.15, 0.2) is 54.6 Å². The lowest BCUT2D eigenvalue weighted by molar-refractivity contribution is -0.128. The topological polar surface area (TPSA) is 58.2 Å². The summed E-state index contributed by atoms with van der Waals surface area (Å²) in [5, 5.41) is 5.38. The van der Waals surface area contributed by atoms with Gasteiger partial charge in [-0.15, -0.1) is 0 Å². The number of hydrogen-bond acceptors (Lipinski definition) is 2. The normalized spacial score (nSPS) is 11.5. The van der Waals surface area contributed by atoms with Gasteiger partial charge in [-0.3, -0.25) is 9.59 Å². The highest BCUT2D eigenvalue weighted by Gasteiger charge is 2.21. The molecule has 1 atom stereocenters. The largest absolute Gasteiger partial charge is 0.357 e. The fraction of sp³-hybridized carbons (Fsp3) is 0.222. The number of benzene rings is 2. The molecule has 0 aliphatic heterocycles. The van der Waals surface area contributed by atoms with Crippen molar-refractivity contribution in [2.75, 3.05) is 7.05 Å². The van der Waals surface area contributed by atoms with Crippen LogP contribution in [-0.4, -0.2) is 18.9 Å². The summed E-state index contributed by atoms with van der Waals surface area (Å²) >= 11 is 0. The van der Waals surface area contributed by atoms with Gasteiger partial charge in [-0.25, -0.2) is 0 Å². The van der Waals surface area contributed by atoms with E-state index in [0.717, 1.165) is 16.7 Å². The smallest absolute Gasteiger partial charge is 0.246 e. The van der Waals surface area contributed by atoms with Crippen LogP contribution in [-0.2, 0) is 16.0 Å². The first-order chi connectivity index (χ1) is 10.6. The van der Waals surface area contributed by atoms with Gasteiger partial charge < -0.3 is 10.6 Å². The average Bonchev–Trinajstić information content (AvgIpc) is 2.55. The Morgan fingerprint density at radius 1 is 1.00 bits per heavy atom. The zero-order valence-electron chi connectivity index (χ0n) is 12.8. The van der Waals surface area contributed by atoms with Gasteiger partial charge in [0.15, 0.2) is 0 Å². The fourth-order valence-corrected chi connectivity index (χ4v) is 2.19. The van der Waals surface area contributed by atoms with Crippen molar-refractivity contribution in [3.63, 3.8) is 0 Å². The van der Waals surface area contributed by atoms with Crippen molar-refractivity contribution in [2.45, 2.75) is 19.4 Å². The minimum Gasteiger partial charge on any atom is -0.357 e. The molecule has 0 saturated heterocycles. The monoisotopic (exact) mass is 296 g/mol. The third kappa shape index (κ3) is 4.19. The maximum absolute atomic E-state index is 12.2. The molecule has 0 unspecified atom stereocenters. The van der Waals surface area contributed by atoms with Gasteiger partial charge in [0.2, 0.25) is 11.8 Å². The molecule has 0 aliphatic carbocycles. The summed E-state index contributed by atoms with van der Waals surface area (Å²) in [6.45, 7) is 2.00. The van der Waals surface area contributed by atoms with E-state index < -0.39 is 6.04 Å². The second-order valence-corrected chi connectivity index (χ2v) is 5.19. The number of nitrogens with one attached hydrogen (secondary N) is 2. The van der Waals surface area contributed by atoms with Gasteiger partial charge in [-0.2, -0.15) is 0 Å². The molecule has 0 saturated carbocycles. The minimum atomic E-state index is -0.677. The molecule has 0 bridgehead atoms. The Morgan fingerprint density at radius 3 is 2.23 bits per heavy atom. The first-order valence-electron chi connectivity index (χ1n) is 7.21. The minimum absolute atomic E-state index is 0.179. The zero-order chi connectivity index (χ0) is 15.9. The highest BCUT2D eigenvalue weighted by molar-refractivity contribution is 5.89. The third-order valence-corrected chi connectivity index (χ3v) is 3.43. The molecule has 0 radical (unpaired) electrons. The second-order valence-electron chi connectivity index (χ2n) is 5.19. The first kappa shape index (κ1) is 15.8. The molecule has 4 nitrogen and oxygen atoms in total. The Bertz CT molecular complexity index is 636. The van der Waals surface area contributed by atoms with Crippen molar-refractivity contribution in [2.24, 2.45) is 0 Å². The van der Waals surface area contributed by atoms with E-state index in [1.807, 2.05) is 61.5 Å². The predicted octanol–water partition coefficient (Wildman–Crippen LogP) is 2.14. The summed E-state index contributed by atoms with van der Waals surface area (Å²) in [5.74, 6) is -0.412. The van der Waals surface area contributed by atoms with Crippen molar-refractivity contribution in [1.82, 2.24) is 10.6 Å². The van der Waals surface area contributed by atoms with Crippen molar-refractivity contribution < 1.29 is 9.59 Å². The van der Waals surface area contributed by atoms with Crippen LogP contribution in [0, 0.1) is 6.92 Å². The van der Waals surface area contributed by atoms with Gasteiger partial charge in [0.05, 0.1) is 6.42 Å². The van der Waals surface area contributed by atoms with Crippen LogP contribution in [0.5, 0.6) is 0 Å². The van der Waals surface area contributed by atoms with E-state index in [-0.39, 0.29) is 18.2 Å². The molecule has 0 aliphatic rings. The van der Waals surface area contributed by atoms with Gasteiger partial charge in [0, 0.05) is 7.05 Å². The van der Waals surface area contributed by atoms with E-state index in [0.29, 0.717) is 0 Å². The maximum atomic E-state index is 12.2. The number of carbonyl (C=O) groups excluding carboxylic acids is 2. The summed E-state index contributed by atoms with van der Waals surface area (Å²) in [7, 11) is 1.56. The molecule has 2 aromatic rings. The van der Waals surface area contributed by atoms with Gasteiger partial charge in [-0.05, 0) is 18.1 Å². The Kier molecular flexibility index (Phi) is 5.31. The van der Waals surface area contributed by atoms with Crippen molar-refractivity contribution in [3.8, 4) is 0 Å². The number of likely N-dealkylation sites (N-methyl/N-ethyl adjacent to an activating group) is 1. The second kappa shape index (κ2) is 7.41. The van der Waals surface area contributed by atoms with Gasteiger partial charge >= 0.3 is 0 Å². The van der Waals surface area contributed by atoms with Crippen molar-refractivity contribution in [1.29, 1.82) is 0 Å². The predicted molar refractivity (Wildman–Crippen MR) is 86.3 cm³/mol. The number of rotatable bonds is 5. The molecule has 4 heteroatoms. The number of amides is 2. The molecular formula is C18H20N2O2. The van der Waals surface area contributed by atoms with E-state index in [4.69, 9.17) is 0 Å². The SMILES string of the molecule is CNC(=O)[C@H](NC(=O)Cc1ccc(C)cc1)c1ccccc1. The maximum Gasteiger partial charge on any atom is 0.246 e. The average molecular weight is 296 g/mol. The fourth-order valence-electron chi connectivity index (χ4n) is 2.19. The van der Waals surface area contributed by atoms with E-state index >= 15 is 0 Å². The first-order valence-corrected chi connectivity index (χ1v) is 7.21. The van der Waals surface area contributed by atoms with E-state index in [2.05, 4.69) is 10.6 Å². The zero-order valence-corrected chi connectivity index (χ0v) is 12.8. The third-order valence-electron chi connectivity index (χ3n) is 3.43. The molecule has 0 fully saturated rings. The van der Waals surface area contributed by atoms with Crippen LogP contribution in [0.3, 0.4) is 0 Å².